The number of hydrogen-bond acceptors (Lipinski definition) is 4. The fourth-order valence-electron chi connectivity index (χ4n) is 2.70. The van der Waals surface area contributed by atoms with Crippen molar-refractivity contribution in [1.82, 2.24) is 10.2 Å². The van der Waals surface area contributed by atoms with Crippen molar-refractivity contribution in [3.8, 4) is 0 Å². The zero-order valence-corrected chi connectivity index (χ0v) is 12.1. The lowest BCUT2D eigenvalue weighted by molar-refractivity contribution is -0.143. The number of carbonyl (C=O) groups is 1. The molecule has 2 atom stereocenters. The second-order valence-electron chi connectivity index (χ2n) is 5.32. The van der Waals surface area contributed by atoms with Crippen molar-refractivity contribution in [2.45, 2.75) is 45.6 Å². The fraction of sp³-hybridized carbons (Fsp3) is 0.929. The van der Waals surface area contributed by atoms with Crippen LogP contribution in [-0.4, -0.2) is 50.2 Å². The van der Waals surface area contributed by atoms with Crippen LogP contribution in [0.15, 0.2) is 0 Å². The van der Waals surface area contributed by atoms with Gasteiger partial charge in [0.05, 0.1) is 6.61 Å². The molecule has 0 aliphatic carbocycles. The molecule has 1 saturated heterocycles. The summed E-state index contributed by atoms with van der Waals surface area (Å²) in [6, 6.07) is 0.580. The number of rotatable bonds is 7. The van der Waals surface area contributed by atoms with E-state index in [0.29, 0.717) is 25.0 Å². The van der Waals surface area contributed by atoms with E-state index in [4.69, 9.17) is 4.74 Å². The minimum Gasteiger partial charge on any atom is -0.466 e. The SMILES string of the molecule is CCCNC1CC(CCC(=O)OCC)CN(C)C1. The number of piperidine rings is 1. The minimum absolute atomic E-state index is 0.0520. The van der Waals surface area contributed by atoms with Gasteiger partial charge in [0.15, 0.2) is 0 Å². The standard InChI is InChI=1S/C14H28N2O2/c1-4-8-15-13-9-12(10-16(3)11-13)6-7-14(17)18-5-2/h12-13,15H,4-11H2,1-3H3. The van der Waals surface area contributed by atoms with Crippen molar-refractivity contribution >= 4 is 5.97 Å². The zero-order chi connectivity index (χ0) is 13.4. The number of nitrogens with one attached hydrogen (secondary N) is 1. The first-order valence-electron chi connectivity index (χ1n) is 7.23. The Balaban J connectivity index is 2.29. The number of likely N-dealkylation sites (tertiary alicyclic amines) is 1. The van der Waals surface area contributed by atoms with E-state index >= 15 is 0 Å². The summed E-state index contributed by atoms with van der Waals surface area (Å²) in [5, 5.41) is 3.59. The molecule has 106 valence electrons. The molecule has 4 nitrogen and oxygen atoms in total. The van der Waals surface area contributed by atoms with E-state index in [-0.39, 0.29) is 5.97 Å². The highest BCUT2D eigenvalue weighted by molar-refractivity contribution is 5.69. The number of carbonyl (C=O) groups excluding carboxylic acids is 1. The molecular formula is C14H28N2O2. The second-order valence-corrected chi connectivity index (χ2v) is 5.32. The van der Waals surface area contributed by atoms with Gasteiger partial charge in [0, 0.05) is 25.6 Å². The molecule has 0 bridgehead atoms. The molecule has 1 heterocycles. The van der Waals surface area contributed by atoms with Crippen LogP contribution in [0.5, 0.6) is 0 Å². The van der Waals surface area contributed by atoms with E-state index in [2.05, 4.69) is 24.2 Å². The number of likely N-dealkylation sites (N-methyl/N-ethyl adjacent to an activating group) is 1. The van der Waals surface area contributed by atoms with E-state index in [1.807, 2.05) is 6.92 Å². The molecule has 0 aromatic carbocycles. The van der Waals surface area contributed by atoms with Crippen molar-refractivity contribution in [2.75, 3.05) is 33.3 Å². The molecule has 0 amide bonds. The van der Waals surface area contributed by atoms with Crippen molar-refractivity contribution in [3.05, 3.63) is 0 Å². The lowest BCUT2D eigenvalue weighted by Gasteiger charge is -2.36. The van der Waals surface area contributed by atoms with Crippen LogP contribution in [0.1, 0.15) is 39.5 Å². The summed E-state index contributed by atoms with van der Waals surface area (Å²) in [4.78, 5) is 13.7. The lowest BCUT2D eigenvalue weighted by atomic mass is 9.90. The minimum atomic E-state index is -0.0520. The first-order valence-corrected chi connectivity index (χ1v) is 7.23. The number of nitrogens with zero attached hydrogens (tertiary/aromatic N) is 1. The van der Waals surface area contributed by atoms with Crippen LogP contribution in [0.3, 0.4) is 0 Å². The zero-order valence-electron chi connectivity index (χ0n) is 12.1. The molecule has 1 aliphatic heterocycles. The molecule has 0 radical (unpaired) electrons. The van der Waals surface area contributed by atoms with Gasteiger partial charge in [0.25, 0.3) is 0 Å². The van der Waals surface area contributed by atoms with Gasteiger partial charge in [-0.1, -0.05) is 6.92 Å². The lowest BCUT2D eigenvalue weighted by Crippen LogP contribution is -2.47. The van der Waals surface area contributed by atoms with Crippen molar-refractivity contribution in [1.29, 1.82) is 0 Å². The first kappa shape index (κ1) is 15.4. The second kappa shape index (κ2) is 8.48. The molecule has 18 heavy (non-hydrogen) atoms. The van der Waals surface area contributed by atoms with Crippen molar-refractivity contribution in [3.63, 3.8) is 0 Å². The fourth-order valence-corrected chi connectivity index (χ4v) is 2.70. The predicted octanol–water partition coefficient (Wildman–Crippen LogP) is 1.65. The van der Waals surface area contributed by atoms with Crippen LogP contribution in [0.2, 0.25) is 0 Å². The number of esters is 1. The average molecular weight is 256 g/mol. The van der Waals surface area contributed by atoms with Crippen LogP contribution < -0.4 is 5.32 Å². The summed E-state index contributed by atoms with van der Waals surface area (Å²) < 4.78 is 4.98. The van der Waals surface area contributed by atoms with Crippen molar-refractivity contribution < 1.29 is 9.53 Å². The molecule has 1 aliphatic rings. The van der Waals surface area contributed by atoms with Crippen LogP contribution in [-0.2, 0) is 9.53 Å². The Bertz CT molecular complexity index is 246. The summed E-state index contributed by atoms with van der Waals surface area (Å²) in [6.45, 7) is 7.85. The van der Waals surface area contributed by atoms with Crippen LogP contribution in [0.25, 0.3) is 0 Å². The maximum atomic E-state index is 11.4. The molecule has 2 unspecified atom stereocenters. The van der Waals surface area contributed by atoms with Crippen molar-refractivity contribution in [2.24, 2.45) is 5.92 Å². The average Bonchev–Trinajstić information content (AvgIpc) is 2.34. The first-order chi connectivity index (χ1) is 8.65. The summed E-state index contributed by atoms with van der Waals surface area (Å²) in [5.74, 6) is 0.561. The third kappa shape index (κ3) is 5.83. The summed E-state index contributed by atoms with van der Waals surface area (Å²) in [6.07, 6.45) is 3.87. The summed E-state index contributed by atoms with van der Waals surface area (Å²) >= 11 is 0. The van der Waals surface area contributed by atoms with E-state index < -0.39 is 0 Å². The van der Waals surface area contributed by atoms with Gasteiger partial charge >= 0.3 is 5.97 Å². The smallest absolute Gasteiger partial charge is 0.305 e. The molecule has 0 aromatic heterocycles. The molecule has 0 saturated carbocycles. The summed E-state index contributed by atoms with van der Waals surface area (Å²) in [5.41, 5.74) is 0. The molecule has 1 fully saturated rings. The Labute approximate surface area is 111 Å². The quantitative estimate of drug-likeness (QED) is 0.703. The Kier molecular flexibility index (Phi) is 7.28. The van der Waals surface area contributed by atoms with Gasteiger partial charge in [-0.3, -0.25) is 4.79 Å². The van der Waals surface area contributed by atoms with E-state index in [9.17, 15) is 4.79 Å². The van der Waals surface area contributed by atoms with E-state index in [1.165, 1.54) is 12.8 Å². The molecule has 1 rings (SSSR count). The third-order valence-corrected chi connectivity index (χ3v) is 3.46. The highest BCUT2D eigenvalue weighted by Gasteiger charge is 2.25. The van der Waals surface area contributed by atoms with E-state index in [0.717, 1.165) is 26.1 Å². The monoisotopic (exact) mass is 256 g/mol. The predicted molar refractivity (Wildman–Crippen MR) is 73.6 cm³/mol. The van der Waals surface area contributed by atoms with Crippen LogP contribution in [0, 0.1) is 5.92 Å². The summed E-state index contributed by atoms with van der Waals surface area (Å²) in [7, 11) is 2.16. The van der Waals surface area contributed by atoms with Gasteiger partial charge in [-0.2, -0.15) is 0 Å². The van der Waals surface area contributed by atoms with Crippen LogP contribution >= 0.6 is 0 Å². The topological polar surface area (TPSA) is 41.6 Å². The Hall–Kier alpha value is -0.610. The number of ether oxygens (including phenoxy) is 1. The van der Waals surface area contributed by atoms with Gasteiger partial charge in [0.1, 0.15) is 0 Å². The maximum absolute atomic E-state index is 11.4. The Morgan fingerprint density at radius 1 is 1.39 bits per heavy atom. The highest BCUT2D eigenvalue weighted by atomic mass is 16.5. The van der Waals surface area contributed by atoms with Gasteiger partial charge < -0.3 is 15.0 Å². The Morgan fingerprint density at radius 2 is 2.17 bits per heavy atom. The normalized spacial score (nSPS) is 25.1. The molecule has 1 N–H and O–H groups in total. The van der Waals surface area contributed by atoms with Gasteiger partial charge in [-0.05, 0) is 45.7 Å². The molecule has 0 spiro atoms. The van der Waals surface area contributed by atoms with Crippen LogP contribution in [0.4, 0.5) is 0 Å². The highest BCUT2D eigenvalue weighted by Crippen LogP contribution is 2.20. The molecular weight excluding hydrogens is 228 g/mol. The number of hydrogen-bond donors (Lipinski definition) is 1. The van der Waals surface area contributed by atoms with E-state index in [1.54, 1.807) is 0 Å². The third-order valence-electron chi connectivity index (χ3n) is 3.46. The largest absolute Gasteiger partial charge is 0.466 e. The van der Waals surface area contributed by atoms with Gasteiger partial charge in [-0.25, -0.2) is 0 Å². The molecule has 0 aromatic rings. The molecule has 4 heteroatoms. The van der Waals surface area contributed by atoms with Gasteiger partial charge in [-0.15, -0.1) is 0 Å². The Morgan fingerprint density at radius 3 is 2.83 bits per heavy atom. The maximum Gasteiger partial charge on any atom is 0.305 e. The van der Waals surface area contributed by atoms with Gasteiger partial charge in [0.2, 0.25) is 0 Å².